The van der Waals surface area contributed by atoms with Crippen molar-refractivity contribution in [3.63, 3.8) is 0 Å². The Kier molecular flexibility index (Phi) is 6.40. The number of carbonyl (C=O) groups excluding carboxylic acids is 2. The van der Waals surface area contributed by atoms with Gasteiger partial charge in [-0.2, -0.15) is 0 Å². The largest absolute Gasteiger partial charge is 0.465 e. The molecule has 1 aliphatic rings. The van der Waals surface area contributed by atoms with Gasteiger partial charge in [-0.05, 0) is 55.5 Å². The van der Waals surface area contributed by atoms with Crippen LogP contribution in [0.25, 0.3) is 0 Å². The van der Waals surface area contributed by atoms with Gasteiger partial charge in [0.1, 0.15) is 5.00 Å². The normalized spacial score (nSPS) is 14.2. The number of fused-ring (bicyclic) bond motifs is 1. The van der Waals surface area contributed by atoms with Crippen LogP contribution in [0.5, 0.6) is 0 Å². The second kappa shape index (κ2) is 8.64. The Hall–Kier alpha value is -2.23. The number of aryl methyl sites for hydroxylation is 1. The third-order valence-corrected chi connectivity index (χ3v) is 7.97. The number of anilines is 1. The lowest BCUT2D eigenvalue weighted by Gasteiger charge is -2.12. The lowest BCUT2D eigenvalue weighted by molar-refractivity contribution is 0.0601. The van der Waals surface area contributed by atoms with Gasteiger partial charge in [-0.1, -0.05) is 6.42 Å². The average molecular weight is 437 g/mol. The number of ether oxygens (including phenoxy) is 1. The molecule has 0 unspecified atom stereocenters. The Morgan fingerprint density at radius 2 is 1.72 bits per heavy atom. The number of benzene rings is 1. The van der Waals surface area contributed by atoms with Crippen LogP contribution in [0.4, 0.5) is 5.00 Å². The van der Waals surface area contributed by atoms with Gasteiger partial charge in [0.15, 0.2) is 0 Å². The first-order valence-corrected chi connectivity index (χ1v) is 11.6. The number of thiophene rings is 1. The number of hydrogen-bond acceptors (Lipinski definition) is 6. The van der Waals surface area contributed by atoms with E-state index in [9.17, 15) is 18.0 Å². The lowest BCUT2D eigenvalue weighted by atomic mass is 10.1. The molecule has 0 fully saturated rings. The third kappa shape index (κ3) is 4.36. The molecule has 1 aromatic heterocycles. The Balaban J connectivity index is 1.88. The van der Waals surface area contributed by atoms with Gasteiger partial charge in [-0.15, -0.1) is 11.3 Å². The van der Waals surface area contributed by atoms with Crippen molar-refractivity contribution in [1.82, 2.24) is 4.31 Å². The number of nitrogens with zero attached hydrogens (tertiary/aromatic N) is 1. The Morgan fingerprint density at radius 3 is 2.34 bits per heavy atom. The molecule has 1 aliphatic carbocycles. The van der Waals surface area contributed by atoms with E-state index >= 15 is 0 Å². The highest BCUT2D eigenvalue weighted by Crippen LogP contribution is 2.38. The number of methoxy groups -OCH3 is 1. The molecule has 0 aliphatic heterocycles. The highest BCUT2D eigenvalue weighted by Gasteiger charge is 2.26. The van der Waals surface area contributed by atoms with Crippen molar-refractivity contribution < 1.29 is 22.7 Å². The number of nitrogens with one attached hydrogen (secondary N) is 1. The van der Waals surface area contributed by atoms with E-state index < -0.39 is 21.9 Å². The van der Waals surface area contributed by atoms with E-state index in [-0.39, 0.29) is 4.90 Å². The van der Waals surface area contributed by atoms with E-state index in [2.05, 4.69) is 5.32 Å². The summed E-state index contributed by atoms with van der Waals surface area (Å²) in [5, 5.41) is 3.30. The molecule has 0 saturated heterocycles. The van der Waals surface area contributed by atoms with Gasteiger partial charge in [-0.25, -0.2) is 17.5 Å². The van der Waals surface area contributed by atoms with Crippen molar-refractivity contribution >= 4 is 38.2 Å². The number of amides is 1. The first-order valence-electron chi connectivity index (χ1n) is 9.32. The molecule has 29 heavy (non-hydrogen) atoms. The first-order chi connectivity index (χ1) is 13.8. The predicted octanol–water partition coefficient (Wildman–Crippen LogP) is 3.31. The van der Waals surface area contributed by atoms with Crippen LogP contribution in [0, 0.1) is 0 Å². The van der Waals surface area contributed by atoms with Gasteiger partial charge in [0.25, 0.3) is 5.91 Å². The standard InChI is InChI=1S/C20H24N2O5S2/c1-22(2)29(25,26)14-11-9-13(10-12-14)18(23)21-19-17(20(24)27-3)15-7-5-4-6-8-16(15)28-19/h9-12H,4-8H2,1-3H3,(H,21,23). The molecule has 1 aromatic carbocycles. The molecule has 1 heterocycles. The molecule has 0 saturated carbocycles. The SMILES string of the molecule is COC(=O)c1c(NC(=O)c2ccc(S(=O)(=O)N(C)C)cc2)sc2c1CCCCC2. The molecule has 0 radical (unpaired) electrons. The molecule has 2 aromatic rings. The summed E-state index contributed by atoms with van der Waals surface area (Å²) in [5.74, 6) is -0.854. The number of esters is 1. The van der Waals surface area contributed by atoms with Gasteiger partial charge >= 0.3 is 5.97 Å². The van der Waals surface area contributed by atoms with E-state index in [1.165, 1.54) is 56.8 Å². The van der Waals surface area contributed by atoms with Crippen LogP contribution in [0.15, 0.2) is 29.2 Å². The van der Waals surface area contributed by atoms with E-state index in [4.69, 9.17) is 4.74 Å². The van der Waals surface area contributed by atoms with Crippen LogP contribution in [0.1, 0.15) is 50.4 Å². The van der Waals surface area contributed by atoms with E-state index in [0.717, 1.165) is 46.8 Å². The summed E-state index contributed by atoms with van der Waals surface area (Å²) in [5.41, 5.74) is 1.72. The van der Waals surface area contributed by atoms with Crippen LogP contribution in [-0.4, -0.2) is 45.8 Å². The molecule has 1 amide bonds. The van der Waals surface area contributed by atoms with Crippen molar-refractivity contribution in [3.8, 4) is 0 Å². The zero-order valence-corrected chi connectivity index (χ0v) is 18.3. The van der Waals surface area contributed by atoms with E-state index in [0.29, 0.717) is 16.1 Å². The van der Waals surface area contributed by atoms with Gasteiger partial charge in [-0.3, -0.25) is 4.79 Å². The van der Waals surface area contributed by atoms with Crippen molar-refractivity contribution in [1.29, 1.82) is 0 Å². The Morgan fingerprint density at radius 1 is 1.07 bits per heavy atom. The molecule has 7 nitrogen and oxygen atoms in total. The molecular weight excluding hydrogens is 412 g/mol. The fourth-order valence-electron chi connectivity index (χ4n) is 3.31. The maximum Gasteiger partial charge on any atom is 0.341 e. The molecule has 3 rings (SSSR count). The van der Waals surface area contributed by atoms with Crippen molar-refractivity contribution in [2.24, 2.45) is 0 Å². The number of rotatable bonds is 5. The zero-order valence-electron chi connectivity index (χ0n) is 16.6. The van der Waals surface area contributed by atoms with E-state index in [1.54, 1.807) is 0 Å². The fourth-order valence-corrected chi connectivity index (χ4v) is 5.49. The minimum absolute atomic E-state index is 0.108. The zero-order chi connectivity index (χ0) is 21.2. The maximum absolute atomic E-state index is 12.7. The number of sulfonamides is 1. The van der Waals surface area contributed by atoms with Crippen molar-refractivity contribution in [2.45, 2.75) is 37.0 Å². The maximum atomic E-state index is 12.7. The Bertz CT molecular complexity index is 1020. The monoisotopic (exact) mass is 436 g/mol. The quantitative estimate of drug-likeness (QED) is 0.573. The number of hydrogen-bond donors (Lipinski definition) is 1. The third-order valence-electron chi connectivity index (χ3n) is 4.93. The van der Waals surface area contributed by atoms with Crippen LogP contribution < -0.4 is 5.32 Å². The van der Waals surface area contributed by atoms with Crippen molar-refractivity contribution in [2.75, 3.05) is 26.5 Å². The summed E-state index contributed by atoms with van der Waals surface area (Å²) in [7, 11) is 0.668. The molecular formula is C20H24N2O5S2. The lowest BCUT2D eigenvalue weighted by Crippen LogP contribution is -2.22. The molecule has 0 bridgehead atoms. The fraction of sp³-hybridized carbons (Fsp3) is 0.400. The summed E-state index contributed by atoms with van der Waals surface area (Å²) in [6, 6.07) is 5.72. The summed E-state index contributed by atoms with van der Waals surface area (Å²) < 4.78 is 30.4. The van der Waals surface area contributed by atoms with Gasteiger partial charge in [0.05, 0.1) is 17.6 Å². The molecule has 9 heteroatoms. The van der Waals surface area contributed by atoms with Gasteiger partial charge in [0, 0.05) is 24.5 Å². The minimum Gasteiger partial charge on any atom is -0.465 e. The summed E-state index contributed by atoms with van der Waals surface area (Å²) >= 11 is 1.42. The topological polar surface area (TPSA) is 92.8 Å². The second-order valence-electron chi connectivity index (χ2n) is 7.03. The van der Waals surface area contributed by atoms with Gasteiger partial charge in [0.2, 0.25) is 10.0 Å². The van der Waals surface area contributed by atoms with E-state index in [1.807, 2.05) is 0 Å². The minimum atomic E-state index is -3.56. The smallest absolute Gasteiger partial charge is 0.341 e. The van der Waals surface area contributed by atoms with Gasteiger partial charge < -0.3 is 10.1 Å². The van der Waals surface area contributed by atoms with Crippen LogP contribution in [0.3, 0.4) is 0 Å². The second-order valence-corrected chi connectivity index (χ2v) is 10.3. The predicted molar refractivity (Wildman–Crippen MR) is 112 cm³/mol. The van der Waals surface area contributed by atoms with Crippen molar-refractivity contribution in [3.05, 3.63) is 45.8 Å². The summed E-state index contributed by atoms with van der Waals surface area (Å²) in [6.07, 6.45) is 4.86. The molecule has 0 spiro atoms. The molecule has 1 N–H and O–H groups in total. The van der Waals surface area contributed by atoms with Crippen LogP contribution in [-0.2, 0) is 27.6 Å². The highest BCUT2D eigenvalue weighted by atomic mass is 32.2. The van der Waals surface area contributed by atoms with Crippen LogP contribution >= 0.6 is 11.3 Å². The summed E-state index contributed by atoms with van der Waals surface area (Å²) in [4.78, 5) is 26.3. The number of carbonyl (C=O) groups is 2. The highest BCUT2D eigenvalue weighted by molar-refractivity contribution is 7.89. The average Bonchev–Trinajstić information content (AvgIpc) is 2.87. The summed E-state index contributed by atoms with van der Waals surface area (Å²) in [6.45, 7) is 0. The Labute approximate surface area is 174 Å². The van der Waals surface area contributed by atoms with Crippen LogP contribution in [0.2, 0.25) is 0 Å². The molecule has 0 atom stereocenters. The first kappa shape index (κ1) is 21.5. The molecule has 156 valence electrons.